The summed E-state index contributed by atoms with van der Waals surface area (Å²) in [5.74, 6) is -1.80. The second kappa shape index (κ2) is 11.5. The molecule has 3 N–H and O–H groups in total. The van der Waals surface area contributed by atoms with Crippen LogP contribution in [0, 0.1) is 0 Å². The van der Waals surface area contributed by atoms with Crippen LogP contribution in [-0.4, -0.2) is 47.6 Å². The van der Waals surface area contributed by atoms with E-state index in [-0.39, 0.29) is 5.13 Å². The first-order valence-electron chi connectivity index (χ1n) is 10.6. The van der Waals surface area contributed by atoms with Gasteiger partial charge in [-0.25, -0.2) is 15.2 Å². The van der Waals surface area contributed by atoms with Crippen LogP contribution in [0.5, 0.6) is 5.75 Å². The van der Waals surface area contributed by atoms with Gasteiger partial charge in [0.1, 0.15) is 17.8 Å². The Morgan fingerprint density at radius 2 is 1.49 bits per heavy atom. The van der Waals surface area contributed by atoms with Gasteiger partial charge in [-0.05, 0) is 53.7 Å². The number of benzene rings is 1. The smallest absolute Gasteiger partial charge is 0.462 e. The molecule has 0 aliphatic rings. The number of nitrogens with zero attached hydrogens (tertiary/aromatic N) is 1. The molecule has 15 heteroatoms. The summed E-state index contributed by atoms with van der Waals surface area (Å²) in [6.45, 7) is 9.48. The maximum Gasteiger partial charge on any atom is 0.573 e. The Morgan fingerprint density at radius 1 is 0.971 bits per heavy atom. The van der Waals surface area contributed by atoms with Gasteiger partial charge in [-0.3, -0.25) is 19.2 Å². The Morgan fingerprint density at radius 3 is 1.94 bits per heavy atom. The van der Waals surface area contributed by atoms with E-state index in [0.717, 1.165) is 23.5 Å². The summed E-state index contributed by atoms with van der Waals surface area (Å²) in [5, 5.41) is 7.94. The standard InChI is InChI=1S/C20H28F3N4O6PS/c1-10(2)31-17(28)12(5)25-34(30,26-13(6)18(29)32-11(3)4)27-19-24-15-8-7-14(9-16(15)35-19)33-20(21,22)23/h7-13H,1-6H3,(H3,24,25,26,27,30)/t12-,13-/m0/s1. The summed E-state index contributed by atoms with van der Waals surface area (Å²) >= 11 is 0.902. The lowest BCUT2D eigenvalue weighted by molar-refractivity contribution is -0.274. The molecule has 1 aromatic heterocycles. The number of hydrogen-bond donors (Lipinski definition) is 3. The lowest BCUT2D eigenvalue weighted by Crippen LogP contribution is -2.44. The lowest BCUT2D eigenvalue weighted by Gasteiger charge is -2.27. The molecule has 0 radical (unpaired) electrons. The van der Waals surface area contributed by atoms with E-state index in [1.165, 1.54) is 19.9 Å². The molecule has 1 heterocycles. The molecule has 0 unspecified atom stereocenters. The second-order valence-electron chi connectivity index (χ2n) is 8.09. The van der Waals surface area contributed by atoms with Gasteiger partial charge in [-0.1, -0.05) is 11.3 Å². The average Bonchev–Trinajstić information content (AvgIpc) is 3.06. The number of carbonyl (C=O) groups is 2. The van der Waals surface area contributed by atoms with Crippen LogP contribution in [0.3, 0.4) is 0 Å². The van der Waals surface area contributed by atoms with Gasteiger partial charge in [0, 0.05) is 6.07 Å². The summed E-state index contributed by atoms with van der Waals surface area (Å²) < 4.78 is 65.8. The fourth-order valence-electron chi connectivity index (χ4n) is 2.71. The summed E-state index contributed by atoms with van der Waals surface area (Å²) in [7, 11) is -3.96. The Balaban J connectivity index is 2.31. The molecule has 0 amide bonds. The summed E-state index contributed by atoms with van der Waals surface area (Å²) in [6.07, 6.45) is -5.68. The van der Waals surface area contributed by atoms with Gasteiger partial charge in [0.2, 0.25) is 0 Å². The van der Waals surface area contributed by atoms with E-state index in [9.17, 15) is 27.3 Å². The Kier molecular flexibility index (Phi) is 9.51. The minimum atomic E-state index is -4.86. The largest absolute Gasteiger partial charge is 0.573 e. The molecule has 2 aromatic rings. The number of aromatic nitrogens is 1. The zero-order valence-electron chi connectivity index (χ0n) is 19.9. The summed E-state index contributed by atoms with van der Waals surface area (Å²) in [4.78, 5) is 28.8. The van der Waals surface area contributed by atoms with Crippen LogP contribution in [0.25, 0.3) is 10.2 Å². The summed E-state index contributed by atoms with van der Waals surface area (Å²) in [5.41, 5.74) is 0.318. The van der Waals surface area contributed by atoms with Crippen molar-refractivity contribution >= 4 is 46.2 Å². The SMILES string of the molecule is CC(C)OC(=O)[C@H](C)NP(=O)(Nc1nc2ccc(OC(F)(F)F)cc2s1)N[C@@H](C)C(=O)OC(C)C. The quantitative estimate of drug-likeness (QED) is 0.275. The zero-order valence-corrected chi connectivity index (χ0v) is 21.6. The first-order chi connectivity index (χ1) is 16.1. The highest BCUT2D eigenvalue weighted by Gasteiger charge is 2.34. The zero-order chi connectivity index (χ0) is 26.6. The number of halogens is 3. The number of nitrogens with one attached hydrogen (secondary N) is 3. The van der Waals surface area contributed by atoms with Crippen molar-refractivity contribution in [2.45, 2.75) is 72.2 Å². The van der Waals surface area contributed by atoms with E-state index in [1.54, 1.807) is 27.7 Å². The molecule has 1 aromatic carbocycles. The van der Waals surface area contributed by atoms with Crippen molar-refractivity contribution in [1.82, 2.24) is 15.2 Å². The van der Waals surface area contributed by atoms with Crippen molar-refractivity contribution in [1.29, 1.82) is 0 Å². The van der Waals surface area contributed by atoms with Crippen LogP contribution in [0.1, 0.15) is 41.5 Å². The molecule has 2 atom stereocenters. The van der Waals surface area contributed by atoms with E-state index >= 15 is 0 Å². The van der Waals surface area contributed by atoms with Gasteiger partial charge >= 0.3 is 25.9 Å². The molecule has 0 aliphatic heterocycles. The van der Waals surface area contributed by atoms with Crippen molar-refractivity contribution in [3.05, 3.63) is 18.2 Å². The van der Waals surface area contributed by atoms with Gasteiger partial charge < -0.3 is 14.2 Å². The van der Waals surface area contributed by atoms with Gasteiger partial charge in [-0.2, -0.15) is 0 Å². The molecule has 35 heavy (non-hydrogen) atoms. The van der Waals surface area contributed by atoms with Crippen LogP contribution in [0.15, 0.2) is 18.2 Å². The van der Waals surface area contributed by atoms with Crippen molar-refractivity contribution in [3.8, 4) is 5.75 Å². The molecule has 0 fully saturated rings. The van der Waals surface area contributed by atoms with Gasteiger partial charge in [0.25, 0.3) is 0 Å². The number of esters is 2. The summed E-state index contributed by atoms with van der Waals surface area (Å²) in [6, 6.07) is 1.44. The molecule has 0 aliphatic carbocycles. The molecular formula is C20H28F3N4O6PS. The molecule has 0 saturated carbocycles. The Labute approximate surface area is 204 Å². The number of hydrogen-bond acceptors (Lipinski definition) is 8. The first kappa shape index (κ1) is 28.8. The lowest BCUT2D eigenvalue weighted by atomic mass is 10.3. The molecule has 196 valence electrons. The van der Waals surface area contributed by atoms with Crippen molar-refractivity contribution in [2.24, 2.45) is 0 Å². The minimum absolute atomic E-state index is 0.0568. The Hall–Kier alpha value is -2.41. The molecule has 2 rings (SSSR count). The third-order valence-corrected chi connectivity index (χ3v) is 7.12. The monoisotopic (exact) mass is 540 g/mol. The van der Waals surface area contributed by atoms with Gasteiger partial charge in [0.15, 0.2) is 5.13 Å². The van der Waals surface area contributed by atoms with Crippen LogP contribution in [-0.2, 0) is 23.6 Å². The number of thiazole rings is 1. The normalized spacial score (nSPS) is 14.1. The highest BCUT2D eigenvalue weighted by molar-refractivity contribution is 7.62. The van der Waals surface area contributed by atoms with Crippen LogP contribution < -0.4 is 20.0 Å². The fourth-order valence-corrected chi connectivity index (χ4v) is 5.84. The number of rotatable bonds is 11. The topological polar surface area (TPSA) is 128 Å². The molecular weight excluding hydrogens is 512 g/mol. The van der Waals surface area contributed by atoms with Gasteiger partial charge in [-0.15, -0.1) is 13.2 Å². The van der Waals surface area contributed by atoms with E-state index in [4.69, 9.17) is 9.47 Å². The van der Waals surface area contributed by atoms with Crippen LogP contribution in [0.4, 0.5) is 18.3 Å². The highest BCUT2D eigenvalue weighted by Crippen LogP contribution is 2.41. The van der Waals surface area contributed by atoms with E-state index in [0.29, 0.717) is 10.2 Å². The number of alkyl halides is 3. The predicted molar refractivity (Wildman–Crippen MR) is 125 cm³/mol. The number of ether oxygens (including phenoxy) is 3. The van der Waals surface area contributed by atoms with Crippen molar-refractivity contribution in [2.75, 3.05) is 5.09 Å². The van der Waals surface area contributed by atoms with Crippen molar-refractivity contribution in [3.63, 3.8) is 0 Å². The second-order valence-corrected chi connectivity index (χ2v) is 11.1. The maximum atomic E-state index is 13.8. The van der Waals surface area contributed by atoms with E-state index < -0.39 is 55.9 Å². The number of carbonyl (C=O) groups excluding carboxylic acids is 2. The molecule has 10 nitrogen and oxygen atoms in total. The number of anilines is 1. The molecule has 0 spiro atoms. The predicted octanol–water partition coefficient (Wildman–Crippen LogP) is 4.57. The van der Waals surface area contributed by atoms with E-state index in [2.05, 4.69) is 25.0 Å². The fraction of sp³-hybridized carbons (Fsp3) is 0.550. The van der Waals surface area contributed by atoms with E-state index in [1.807, 2.05) is 0 Å². The average molecular weight is 541 g/mol. The maximum absolute atomic E-state index is 13.8. The van der Waals surface area contributed by atoms with Crippen LogP contribution >= 0.6 is 18.9 Å². The van der Waals surface area contributed by atoms with Gasteiger partial charge in [0.05, 0.1) is 22.4 Å². The highest BCUT2D eigenvalue weighted by atomic mass is 32.1. The Bertz CT molecular complexity index is 1060. The minimum Gasteiger partial charge on any atom is -0.462 e. The molecule has 0 bridgehead atoms. The third kappa shape index (κ3) is 9.28. The van der Waals surface area contributed by atoms with Crippen LogP contribution in [0.2, 0.25) is 0 Å². The van der Waals surface area contributed by atoms with Crippen molar-refractivity contribution < 1.29 is 41.5 Å². The first-order valence-corrected chi connectivity index (χ1v) is 13.1. The molecule has 0 saturated heterocycles. The number of fused-ring (bicyclic) bond motifs is 1. The third-order valence-electron chi connectivity index (χ3n) is 4.01.